The maximum atomic E-state index is 12.5. The third-order valence-corrected chi connectivity index (χ3v) is 3.59. The van der Waals surface area contributed by atoms with Crippen LogP contribution < -0.4 is 14.8 Å². The number of hydrogen-bond donors (Lipinski definition) is 2. The molecule has 0 aliphatic rings. The number of halogens is 2. The summed E-state index contributed by atoms with van der Waals surface area (Å²) in [5, 5.41) is 10.9. The number of amides is 1. The molecule has 0 bridgehead atoms. The number of benzene rings is 1. The van der Waals surface area contributed by atoms with E-state index in [0.29, 0.717) is 34.7 Å². The van der Waals surface area contributed by atoms with Gasteiger partial charge in [-0.15, -0.1) is 0 Å². The summed E-state index contributed by atoms with van der Waals surface area (Å²) in [5.74, 6) is -0.984. The highest BCUT2D eigenvalue weighted by atomic mass is 79.9. The summed E-state index contributed by atoms with van der Waals surface area (Å²) in [7, 11) is 0. The number of rotatable bonds is 9. The van der Waals surface area contributed by atoms with Crippen LogP contribution in [-0.4, -0.2) is 42.9 Å². The van der Waals surface area contributed by atoms with E-state index in [0.717, 1.165) is 0 Å². The molecule has 6 nitrogen and oxygen atoms in total. The third-order valence-electron chi connectivity index (χ3n) is 2.85. The van der Waals surface area contributed by atoms with E-state index in [9.17, 15) is 14.0 Å². The van der Waals surface area contributed by atoms with Crippen LogP contribution in [0, 0.1) is 0 Å². The van der Waals surface area contributed by atoms with E-state index in [1.54, 1.807) is 12.1 Å². The van der Waals surface area contributed by atoms with Gasteiger partial charge in [0.15, 0.2) is 17.5 Å². The van der Waals surface area contributed by atoms with Gasteiger partial charge in [-0.3, -0.25) is 4.79 Å². The van der Waals surface area contributed by atoms with Crippen LogP contribution in [0.1, 0.15) is 19.4 Å². The van der Waals surface area contributed by atoms with Crippen LogP contribution in [0.25, 0.3) is 0 Å². The first-order valence-electron chi connectivity index (χ1n) is 7.09. The van der Waals surface area contributed by atoms with Gasteiger partial charge in [0.05, 0.1) is 19.6 Å². The topological polar surface area (TPSA) is 84.9 Å². The van der Waals surface area contributed by atoms with E-state index in [1.165, 1.54) is 0 Å². The molecule has 8 heteroatoms. The largest absolute Gasteiger partial charge is 0.490 e. The Morgan fingerprint density at radius 3 is 2.30 bits per heavy atom. The van der Waals surface area contributed by atoms with Crippen molar-refractivity contribution in [3.63, 3.8) is 0 Å². The maximum absolute atomic E-state index is 12.5. The minimum absolute atomic E-state index is 0.114. The van der Waals surface area contributed by atoms with Crippen LogP contribution in [-0.2, 0) is 16.0 Å². The quantitative estimate of drug-likeness (QED) is 0.674. The van der Waals surface area contributed by atoms with Crippen molar-refractivity contribution in [3.8, 4) is 11.5 Å². The summed E-state index contributed by atoms with van der Waals surface area (Å²) in [4.78, 5) is 22.6. The van der Waals surface area contributed by atoms with Crippen LogP contribution in [0.4, 0.5) is 4.39 Å². The molecule has 0 spiro atoms. The second-order valence-electron chi connectivity index (χ2n) is 4.55. The average molecular weight is 392 g/mol. The number of carboxylic acid groups (broad SMARTS) is 1. The summed E-state index contributed by atoms with van der Waals surface area (Å²) >= 11 is 3.34. The van der Waals surface area contributed by atoms with Gasteiger partial charge in [0, 0.05) is 4.47 Å². The van der Waals surface area contributed by atoms with Gasteiger partial charge in [-0.1, -0.05) is 15.9 Å². The zero-order valence-electron chi connectivity index (χ0n) is 12.9. The van der Waals surface area contributed by atoms with Crippen molar-refractivity contribution >= 4 is 27.8 Å². The molecule has 1 aromatic rings. The molecule has 1 atom stereocenters. The van der Waals surface area contributed by atoms with Gasteiger partial charge >= 0.3 is 5.97 Å². The molecule has 0 heterocycles. The minimum atomic E-state index is -1.55. The van der Waals surface area contributed by atoms with Crippen molar-refractivity contribution < 1.29 is 28.6 Å². The number of carboxylic acids is 1. The van der Waals surface area contributed by atoms with Crippen LogP contribution in [0.15, 0.2) is 16.6 Å². The molecule has 128 valence electrons. The first-order valence-corrected chi connectivity index (χ1v) is 7.88. The van der Waals surface area contributed by atoms with Gasteiger partial charge in [0.2, 0.25) is 5.91 Å². The molecule has 1 aromatic carbocycles. The van der Waals surface area contributed by atoms with Crippen molar-refractivity contribution in [2.75, 3.05) is 19.9 Å². The summed E-state index contributed by atoms with van der Waals surface area (Å²) in [6.45, 7) is 3.38. The Morgan fingerprint density at radius 1 is 1.26 bits per heavy atom. The number of alkyl halides is 1. The zero-order valence-corrected chi connectivity index (χ0v) is 14.5. The number of carbonyl (C=O) groups is 2. The summed E-state index contributed by atoms with van der Waals surface area (Å²) in [6, 6.07) is 1.78. The van der Waals surface area contributed by atoms with Gasteiger partial charge in [0.1, 0.15) is 6.67 Å². The van der Waals surface area contributed by atoms with Crippen LogP contribution in [0.5, 0.6) is 11.5 Å². The summed E-state index contributed by atoms with van der Waals surface area (Å²) in [5.41, 5.74) is 0.581. The van der Waals surface area contributed by atoms with E-state index in [-0.39, 0.29) is 6.42 Å². The fourth-order valence-electron chi connectivity index (χ4n) is 1.83. The predicted octanol–water partition coefficient (Wildman–Crippen LogP) is 2.33. The second kappa shape index (κ2) is 9.34. The highest BCUT2D eigenvalue weighted by Gasteiger charge is 2.21. The van der Waals surface area contributed by atoms with E-state index in [2.05, 4.69) is 21.2 Å². The molecule has 1 unspecified atom stereocenters. The van der Waals surface area contributed by atoms with Crippen LogP contribution in [0.3, 0.4) is 0 Å². The molecule has 0 fully saturated rings. The lowest BCUT2D eigenvalue weighted by Crippen LogP contribution is -2.43. The molecular formula is C15H19BrFNO5. The Bertz CT molecular complexity index is 567. The SMILES string of the molecule is CCOc1cc(Br)c(CC(=O)NC(CF)C(=O)O)cc1OCC. The molecular weight excluding hydrogens is 373 g/mol. The van der Waals surface area contributed by atoms with Crippen molar-refractivity contribution in [2.45, 2.75) is 26.3 Å². The third kappa shape index (κ3) is 5.70. The first-order chi connectivity index (χ1) is 10.9. The molecule has 0 saturated carbocycles. The Kier molecular flexibility index (Phi) is 7.80. The lowest BCUT2D eigenvalue weighted by Gasteiger charge is -2.15. The molecule has 1 rings (SSSR count). The molecule has 0 radical (unpaired) electrons. The maximum Gasteiger partial charge on any atom is 0.328 e. The fraction of sp³-hybridized carbons (Fsp3) is 0.467. The predicted molar refractivity (Wildman–Crippen MR) is 85.7 cm³/mol. The zero-order chi connectivity index (χ0) is 17.4. The van der Waals surface area contributed by atoms with Crippen LogP contribution in [0.2, 0.25) is 0 Å². The lowest BCUT2D eigenvalue weighted by molar-refractivity contribution is -0.142. The van der Waals surface area contributed by atoms with Crippen molar-refractivity contribution in [1.82, 2.24) is 5.32 Å². The number of ether oxygens (including phenoxy) is 2. The van der Waals surface area contributed by atoms with Crippen molar-refractivity contribution in [1.29, 1.82) is 0 Å². The Labute approximate surface area is 142 Å². The van der Waals surface area contributed by atoms with Gasteiger partial charge in [-0.2, -0.15) is 0 Å². The van der Waals surface area contributed by atoms with Gasteiger partial charge in [-0.05, 0) is 31.5 Å². The van der Waals surface area contributed by atoms with E-state index in [1.807, 2.05) is 13.8 Å². The number of hydrogen-bond acceptors (Lipinski definition) is 4. The highest BCUT2D eigenvalue weighted by molar-refractivity contribution is 9.10. The van der Waals surface area contributed by atoms with Gasteiger partial charge in [0.25, 0.3) is 0 Å². The van der Waals surface area contributed by atoms with Crippen molar-refractivity contribution in [2.24, 2.45) is 0 Å². The Hall–Kier alpha value is -1.83. The van der Waals surface area contributed by atoms with Gasteiger partial charge < -0.3 is 19.9 Å². The van der Waals surface area contributed by atoms with E-state index < -0.39 is 24.6 Å². The highest BCUT2D eigenvalue weighted by Crippen LogP contribution is 2.34. The number of carbonyl (C=O) groups excluding carboxylic acids is 1. The molecule has 0 saturated heterocycles. The lowest BCUT2D eigenvalue weighted by atomic mass is 10.1. The van der Waals surface area contributed by atoms with E-state index >= 15 is 0 Å². The van der Waals surface area contributed by atoms with Crippen LogP contribution >= 0.6 is 15.9 Å². The second-order valence-corrected chi connectivity index (χ2v) is 5.40. The Morgan fingerprint density at radius 2 is 1.83 bits per heavy atom. The van der Waals surface area contributed by atoms with E-state index in [4.69, 9.17) is 14.6 Å². The van der Waals surface area contributed by atoms with Gasteiger partial charge in [-0.25, -0.2) is 9.18 Å². The molecule has 0 aliphatic heterocycles. The van der Waals surface area contributed by atoms with Crippen molar-refractivity contribution in [3.05, 3.63) is 22.2 Å². The number of nitrogens with one attached hydrogen (secondary N) is 1. The molecule has 0 aromatic heterocycles. The normalized spacial score (nSPS) is 11.7. The monoisotopic (exact) mass is 391 g/mol. The summed E-state index contributed by atoms with van der Waals surface area (Å²) in [6.07, 6.45) is -0.114. The average Bonchev–Trinajstić information content (AvgIpc) is 2.49. The fourth-order valence-corrected chi connectivity index (χ4v) is 2.30. The molecule has 1 amide bonds. The smallest absolute Gasteiger partial charge is 0.328 e. The summed E-state index contributed by atoms with van der Waals surface area (Å²) < 4.78 is 24.1. The molecule has 0 aliphatic carbocycles. The first kappa shape index (κ1) is 19.2. The molecule has 23 heavy (non-hydrogen) atoms. The minimum Gasteiger partial charge on any atom is -0.490 e. The molecule has 2 N–H and O–H groups in total. The Balaban J connectivity index is 2.92. The number of aliphatic carboxylic acids is 1. The standard InChI is InChI=1S/C15H19BrFNO5/c1-3-22-12-5-9(10(16)7-13(12)23-4-2)6-14(19)18-11(8-17)15(20)21/h5,7,11H,3-4,6,8H2,1-2H3,(H,18,19)(H,20,21).